The van der Waals surface area contributed by atoms with Gasteiger partial charge in [-0.05, 0) is 18.1 Å². The van der Waals surface area contributed by atoms with E-state index in [9.17, 15) is 4.79 Å². The van der Waals surface area contributed by atoms with Crippen LogP contribution in [0.25, 0.3) is 0 Å². The number of carbonyl (C=O) groups is 1. The Balaban J connectivity index is 2.61. The van der Waals surface area contributed by atoms with Crippen LogP contribution in [0.3, 0.4) is 0 Å². The zero-order valence-electron chi connectivity index (χ0n) is 8.69. The van der Waals surface area contributed by atoms with E-state index >= 15 is 0 Å². The van der Waals surface area contributed by atoms with Gasteiger partial charge in [-0.1, -0.05) is 32.4 Å². The van der Waals surface area contributed by atoms with E-state index in [1.165, 1.54) is 0 Å². The van der Waals surface area contributed by atoms with Crippen molar-refractivity contribution >= 4 is 6.29 Å². The highest BCUT2D eigenvalue weighted by molar-refractivity contribution is 5.79. The van der Waals surface area contributed by atoms with Crippen LogP contribution in [0.15, 0.2) is 24.3 Å². The molecule has 1 aromatic carbocycles. The van der Waals surface area contributed by atoms with Crippen LogP contribution < -0.4 is 4.74 Å². The highest BCUT2D eigenvalue weighted by atomic mass is 16.5. The van der Waals surface area contributed by atoms with Crippen LogP contribution in [0.2, 0.25) is 0 Å². The maximum Gasteiger partial charge on any atom is 0.153 e. The molecule has 0 bridgehead atoms. The molecule has 2 heteroatoms. The molecule has 2 nitrogen and oxygen atoms in total. The van der Waals surface area contributed by atoms with E-state index in [1.54, 1.807) is 6.07 Å². The Morgan fingerprint density at radius 3 is 2.79 bits per heavy atom. The van der Waals surface area contributed by atoms with Gasteiger partial charge in [-0.2, -0.15) is 0 Å². The number of rotatable bonds is 5. The van der Waals surface area contributed by atoms with Gasteiger partial charge >= 0.3 is 0 Å². The van der Waals surface area contributed by atoms with Gasteiger partial charge in [-0.15, -0.1) is 0 Å². The van der Waals surface area contributed by atoms with Crippen molar-refractivity contribution in [2.24, 2.45) is 5.92 Å². The standard InChI is InChI=1S/C12H16O2/c1-3-10(2)9-14-12-7-5-4-6-11(12)8-13/h4-8,10H,3,9H2,1-2H3. The number of benzene rings is 1. The van der Waals surface area contributed by atoms with E-state index in [0.717, 1.165) is 12.7 Å². The molecule has 0 aliphatic heterocycles. The van der Waals surface area contributed by atoms with Gasteiger partial charge in [0.1, 0.15) is 5.75 Å². The fourth-order valence-electron chi connectivity index (χ4n) is 1.06. The van der Waals surface area contributed by atoms with Crippen LogP contribution in [-0.4, -0.2) is 12.9 Å². The SMILES string of the molecule is CCC(C)COc1ccccc1C=O. The van der Waals surface area contributed by atoms with E-state index in [1.807, 2.05) is 18.2 Å². The highest BCUT2D eigenvalue weighted by Crippen LogP contribution is 2.16. The first-order chi connectivity index (χ1) is 6.77. The highest BCUT2D eigenvalue weighted by Gasteiger charge is 2.03. The molecule has 0 amide bonds. The Bertz CT molecular complexity index is 294. The predicted octanol–water partition coefficient (Wildman–Crippen LogP) is 2.92. The molecular formula is C12H16O2. The molecule has 0 saturated heterocycles. The van der Waals surface area contributed by atoms with E-state index in [-0.39, 0.29) is 0 Å². The minimum absolute atomic E-state index is 0.523. The van der Waals surface area contributed by atoms with Crippen molar-refractivity contribution in [3.05, 3.63) is 29.8 Å². The second-order valence-electron chi connectivity index (χ2n) is 3.48. The van der Waals surface area contributed by atoms with E-state index in [2.05, 4.69) is 13.8 Å². The maximum absolute atomic E-state index is 10.7. The first kappa shape index (κ1) is 10.8. The average molecular weight is 192 g/mol. The Kier molecular flexibility index (Phi) is 4.17. The summed E-state index contributed by atoms with van der Waals surface area (Å²) in [5.74, 6) is 1.21. The van der Waals surface area contributed by atoms with E-state index in [0.29, 0.717) is 23.8 Å². The molecule has 0 aliphatic rings. The molecule has 0 aromatic heterocycles. The van der Waals surface area contributed by atoms with Gasteiger partial charge in [0.25, 0.3) is 0 Å². The molecule has 0 radical (unpaired) electrons. The van der Waals surface area contributed by atoms with Crippen molar-refractivity contribution in [1.82, 2.24) is 0 Å². The van der Waals surface area contributed by atoms with E-state index in [4.69, 9.17) is 4.74 Å². The van der Waals surface area contributed by atoms with Gasteiger partial charge in [0.05, 0.1) is 12.2 Å². The maximum atomic E-state index is 10.7. The molecule has 14 heavy (non-hydrogen) atoms. The molecule has 0 N–H and O–H groups in total. The molecule has 0 spiro atoms. The first-order valence-electron chi connectivity index (χ1n) is 4.95. The van der Waals surface area contributed by atoms with Gasteiger partial charge in [0.2, 0.25) is 0 Å². The quantitative estimate of drug-likeness (QED) is 0.670. The number of para-hydroxylation sites is 1. The molecule has 1 rings (SSSR count). The molecule has 1 unspecified atom stereocenters. The third-order valence-electron chi connectivity index (χ3n) is 2.27. The summed E-state index contributed by atoms with van der Waals surface area (Å²) in [5.41, 5.74) is 0.621. The lowest BCUT2D eigenvalue weighted by atomic mass is 10.1. The van der Waals surface area contributed by atoms with Gasteiger partial charge < -0.3 is 4.74 Å². The molecular weight excluding hydrogens is 176 g/mol. The minimum atomic E-state index is 0.523. The minimum Gasteiger partial charge on any atom is -0.493 e. The number of ether oxygens (including phenoxy) is 1. The predicted molar refractivity (Wildman–Crippen MR) is 56.8 cm³/mol. The zero-order chi connectivity index (χ0) is 10.4. The van der Waals surface area contributed by atoms with Crippen LogP contribution >= 0.6 is 0 Å². The van der Waals surface area contributed by atoms with Crippen LogP contribution in [0.5, 0.6) is 5.75 Å². The van der Waals surface area contributed by atoms with Crippen molar-refractivity contribution in [3.63, 3.8) is 0 Å². The molecule has 0 fully saturated rings. The third-order valence-corrected chi connectivity index (χ3v) is 2.27. The third kappa shape index (κ3) is 2.87. The molecule has 1 aromatic rings. The van der Waals surface area contributed by atoms with Gasteiger partial charge in [0.15, 0.2) is 6.29 Å². The first-order valence-corrected chi connectivity index (χ1v) is 4.95. The monoisotopic (exact) mass is 192 g/mol. The molecule has 0 aliphatic carbocycles. The summed E-state index contributed by atoms with van der Waals surface area (Å²) in [6.07, 6.45) is 1.91. The number of carbonyl (C=O) groups excluding carboxylic acids is 1. The molecule has 1 atom stereocenters. The molecule has 0 saturated carbocycles. The van der Waals surface area contributed by atoms with Crippen molar-refractivity contribution in [3.8, 4) is 5.75 Å². The fraction of sp³-hybridized carbons (Fsp3) is 0.417. The topological polar surface area (TPSA) is 26.3 Å². The summed E-state index contributed by atoms with van der Waals surface area (Å²) in [5, 5.41) is 0. The average Bonchev–Trinajstić information content (AvgIpc) is 2.26. The Morgan fingerprint density at radius 2 is 2.14 bits per heavy atom. The molecule has 76 valence electrons. The van der Waals surface area contributed by atoms with E-state index < -0.39 is 0 Å². The summed E-state index contributed by atoms with van der Waals surface area (Å²) in [7, 11) is 0. The van der Waals surface area contributed by atoms with Crippen molar-refractivity contribution in [2.75, 3.05) is 6.61 Å². The second kappa shape index (κ2) is 5.43. The Hall–Kier alpha value is -1.31. The van der Waals surface area contributed by atoms with Crippen LogP contribution in [0, 0.1) is 5.92 Å². The normalized spacial score (nSPS) is 12.1. The van der Waals surface area contributed by atoms with Crippen molar-refractivity contribution in [1.29, 1.82) is 0 Å². The van der Waals surface area contributed by atoms with Gasteiger partial charge in [0, 0.05) is 0 Å². The van der Waals surface area contributed by atoms with Gasteiger partial charge in [-0.3, -0.25) is 4.79 Å². The lowest BCUT2D eigenvalue weighted by molar-refractivity contribution is 0.111. The summed E-state index contributed by atoms with van der Waals surface area (Å²) < 4.78 is 5.55. The Labute approximate surface area is 84.9 Å². The summed E-state index contributed by atoms with van der Waals surface area (Å²) in [6, 6.07) is 7.30. The number of aldehydes is 1. The fourth-order valence-corrected chi connectivity index (χ4v) is 1.06. The lowest BCUT2D eigenvalue weighted by Crippen LogP contribution is -2.08. The Morgan fingerprint density at radius 1 is 1.43 bits per heavy atom. The van der Waals surface area contributed by atoms with Crippen molar-refractivity contribution < 1.29 is 9.53 Å². The lowest BCUT2D eigenvalue weighted by Gasteiger charge is -2.11. The second-order valence-corrected chi connectivity index (χ2v) is 3.48. The largest absolute Gasteiger partial charge is 0.493 e. The number of hydrogen-bond donors (Lipinski definition) is 0. The summed E-state index contributed by atoms with van der Waals surface area (Å²) >= 11 is 0. The van der Waals surface area contributed by atoms with Crippen LogP contribution in [0.4, 0.5) is 0 Å². The van der Waals surface area contributed by atoms with Crippen molar-refractivity contribution in [2.45, 2.75) is 20.3 Å². The van der Waals surface area contributed by atoms with Crippen LogP contribution in [0.1, 0.15) is 30.6 Å². The van der Waals surface area contributed by atoms with Gasteiger partial charge in [-0.25, -0.2) is 0 Å². The van der Waals surface area contributed by atoms with Crippen LogP contribution in [-0.2, 0) is 0 Å². The zero-order valence-corrected chi connectivity index (χ0v) is 8.69. The summed E-state index contributed by atoms with van der Waals surface area (Å²) in [4.78, 5) is 10.7. The molecule has 0 heterocycles. The number of hydrogen-bond acceptors (Lipinski definition) is 2. The summed E-state index contributed by atoms with van der Waals surface area (Å²) in [6.45, 7) is 4.92. The smallest absolute Gasteiger partial charge is 0.153 e.